The molecule has 0 N–H and O–H groups in total. The van der Waals surface area contributed by atoms with Crippen LogP contribution in [0.2, 0.25) is 0 Å². The summed E-state index contributed by atoms with van der Waals surface area (Å²) in [4.78, 5) is 4.38. The topological polar surface area (TPSA) is 21.6 Å². The minimum Gasteiger partial charge on any atom is -0.399 e. The monoisotopic (exact) mass is 152 g/mol. The minimum atomic E-state index is -0.353. The number of halogens is 1. The summed E-state index contributed by atoms with van der Waals surface area (Å²) in [6.45, 7) is 0. The van der Waals surface area contributed by atoms with E-state index in [1.165, 1.54) is 19.4 Å². The van der Waals surface area contributed by atoms with Crippen LogP contribution < -0.4 is 0 Å². The summed E-state index contributed by atoms with van der Waals surface area (Å²) >= 11 is 0. The molecule has 0 aliphatic carbocycles. The molecule has 0 saturated heterocycles. The van der Waals surface area contributed by atoms with Gasteiger partial charge in [-0.3, -0.25) is 0 Å². The van der Waals surface area contributed by atoms with Crippen LogP contribution in [0.4, 0.5) is 4.39 Å². The molecule has 2 nitrogen and oxygen atoms in total. The lowest BCUT2D eigenvalue weighted by Gasteiger charge is -1.91. The highest BCUT2D eigenvalue weighted by Gasteiger charge is 1.95. The highest BCUT2D eigenvalue weighted by Crippen LogP contribution is 2.01. The quantitative estimate of drug-likeness (QED) is 0.466. The van der Waals surface area contributed by atoms with Gasteiger partial charge in [0, 0.05) is 5.56 Å². The van der Waals surface area contributed by atoms with E-state index in [2.05, 4.69) is 16.1 Å². The van der Waals surface area contributed by atoms with Crippen molar-refractivity contribution in [1.29, 1.82) is 0 Å². The largest absolute Gasteiger partial charge is 0.399 e. The van der Waals surface area contributed by atoms with Crippen LogP contribution in [0.25, 0.3) is 0 Å². The maximum Gasteiger partial charge on any atom is 0.132 e. The Morgan fingerprint density at radius 2 is 2.55 bits per heavy atom. The summed E-state index contributed by atoms with van der Waals surface area (Å²) in [5.74, 6) is -0.353. The van der Waals surface area contributed by atoms with Crippen LogP contribution in [0.5, 0.6) is 0 Å². The predicted octanol–water partition coefficient (Wildman–Crippen LogP) is 1.61. The number of nitrogens with zero attached hydrogens (tertiary/aromatic N) is 1. The van der Waals surface area contributed by atoms with E-state index in [1.54, 1.807) is 12.1 Å². The molecule has 11 heavy (non-hydrogen) atoms. The molecule has 0 aliphatic heterocycles. The van der Waals surface area contributed by atoms with E-state index in [0.29, 0.717) is 5.56 Å². The number of oxime groups is 1. The molecule has 0 spiro atoms. The predicted molar refractivity (Wildman–Crippen MR) is 39.8 cm³/mol. The summed E-state index contributed by atoms with van der Waals surface area (Å²) in [7, 11) is 1.40. The maximum absolute atomic E-state index is 12.7. The Kier molecular flexibility index (Phi) is 2.60. The maximum atomic E-state index is 12.7. The normalized spacial score (nSPS) is 10.4. The first-order chi connectivity index (χ1) is 5.34. The summed E-state index contributed by atoms with van der Waals surface area (Å²) in [5.41, 5.74) is 0.300. The van der Waals surface area contributed by atoms with E-state index in [-0.39, 0.29) is 5.82 Å². The van der Waals surface area contributed by atoms with Crippen molar-refractivity contribution in [2.45, 2.75) is 0 Å². The Bertz CT molecular complexity index is 260. The Morgan fingerprint density at radius 1 is 1.73 bits per heavy atom. The number of hydrogen-bond donors (Lipinski definition) is 0. The molecule has 1 aromatic rings. The first-order valence-electron chi connectivity index (χ1n) is 3.07. The average molecular weight is 152 g/mol. The summed E-state index contributed by atoms with van der Waals surface area (Å²) < 4.78 is 12.7. The molecule has 0 fully saturated rings. The van der Waals surface area contributed by atoms with Crippen molar-refractivity contribution < 1.29 is 9.23 Å². The van der Waals surface area contributed by atoms with Crippen LogP contribution in [0.3, 0.4) is 0 Å². The molecule has 57 valence electrons. The molecular weight excluding hydrogens is 145 g/mol. The molecule has 0 heterocycles. The highest BCUT2D eigenvalue weighted by molar-refractivity contribution is 5.78. The molecular formula is C8H7FNO. The van der Waals surface area contributed by atoms with Crippen LogP contribution >= 0.6 is 0 Å². The summed E-state index contributed by atoms with van der Waals surface area (Å²) in [5, 5.41) is 3.41. The second-order valence-electron chi connectivity index (χ2n) is 1.85. The van der Waals surface area contributed by atoms with Crippen molar-refractivity contribution in [2.24, 2.45) is 5.16 Å². The van der Waals surface area contributed by atoms with Crippen LogP contribution in [0, 0.1) is 11.9 Å². The molecule has 3 heteroatoms. The number of benzene rings is 1. The third-order valence-electron chi connectivity index (χ3n) is 1.12. The zero-order valence-electron chi connectivity index (χ0n) is 6.04. The molecule has 0 bridgehead atoms. The second kappa shape index (κ2) is 3.71. The van der Waals surface area contributed by atoms with Crippen molar-refractivity contribution in [3.8, 4) is 0 Å². The SMILES string of the molecule is CON=Cc1[c]cccc1F. The molecule has 0 amide bonds. The van der Waals surface area contributed by atoms with Gasteiger partial charge in [-0.05, 0) is 12.1 Å². The Morgan fingerprint density at radius 3 is 3.18 bits per heavy atom. The van der Waals surface area contributed by atoms with Crippen LogP contribution in [-0.4, -0.2) is 13.3 Å². The molecule has 0 aliphatic rings. The minimum absolute atomic E-state index is 0.300. The van der Waals surface area contributed by atoms with Gasteiger partial charge in [-0.1, -0.05) is 17.3 Å². The van der Waals surface area contributed by atoms with Gasteiger partial charge >= 0.3 is 0 Å². The van der Waals surface area contributed by atoms with Gasteiger partial charge in [0.2, 0.25) is 0 Å². The van der Waals surface area contributed by atoms with Crippen molar-refractivity contribution in [2.75, 3.05) is 7.11 Å². The molecule has 1 radical (unpaired) electrons. The van der Waals surface area contributed by atoms with Gasteiger partial charge < -0.3 is 4.84 Å². The smallest absolute Gasteiger partial charge is 0.132 e. The molecule has 1 aromatic carbocycles. The fourth-order valence-corrected chi connectivity index (χ4v) is 0.634. The summed E-state index contributed by atoms with van der Waals surface area (Å²) in [6.07, 6.45) is 1.27. The Balaban J connectivity index is 2.86. The van der Waals surface area contributed by atoms with Gasteiger partial charge in [-0.2, -0.15) is 0 Å². The third kappa shape index (κ3) is 2.04. The van der Waals surface area contributed by atoms with Crippen LogP contribution in [0.15, 0.2) is 23.4 Å². The summed E-state index contributed by atoms with van der Waals surface area (Å²) in [6, 6.07) is 7.19. The van der Waals surface area contributed by atoms with Gasteiger partial charge in [-0.15, -0.1) is 0 Å². The van der Waals surface area contributed by atoms with Gasteiger partial charge in [-0.25, -0.2) is 4.39 Å². The van der Waals surface area contributed by atoms with Crippen molar-refractivity contribution >= 4 is 6.21 Å². The van der Waals surface area contributed by atoms with E-state index >= 15 is 0 Å². The average Bonchev–Trinajstić information content (AvgIpc) is 2.03. The molecule has 0 atom stereocenters. The van der Waals surface area contributed by atoms with Crippen molar-refractivity contribution in [3.63, 3.8) is 0 Å². The fourth-order valence-electron chi connectivity index (χ4n) is 0.634. The van der Waals surface area contributed by atoms with E-state index < -0.39 is 0 Å². The van der Waals surface area contributed by atoms with Crippen molar-refractivity contribution in [1.82, 2.24) is 0 Å². The number of hydrogen-bond acceptors (Lipinski definition) is 2. The lowest BCUT2D eigenvalue weighted by molar-refractivity contribution is 0.215. The standard InChI is InChI=1S/C8H7FNO/c1-11-10-6-7-4-2-3-5-8(7)9/h2-3,5-6H,1H3. The van der Waals surface area contributed by atoms with E-state index in [4.69, 9.17) is 0 Å². The van der Waals surface area contributed by atoms with Crippen LogP contribution in [-0.2, 0) is 4.84 Å². The zero-order valence-corrected chi connectivity index (χ0v) is 6.04. The molecule has 0 unspecified atom stereocenters. The lowest BCUT2D eigenvalue weighted by atomic mass is 10.2. The Hall–Kier alpha value is -1.38. The zero-order chi connectivity index (χ0) is 8.10. The van der Waals surface area contributed by atoms with E-state index in [9.17, 15) is 4.39 Å². The molecule has 1 rings (SSSR count). The molecule has 0 aromatic heterocycles. The van der Waals surface area contributed by atoms with E-state index in [1.807, 2.05) is 0 Å². The van der Waals surface area contributed by atoms with Gasteiger partial charge in [0.05, 0.1) is 6.21 Å². The van der Waals surface area contributed by atoms with Crippen molar-refractivity contribution in [3.05, 3.63) is 35.6 Å². The highest BCUT2D eigenvalue weighted by atomic mass is 19.1. The van der Waals surface area contributed by atoms with Gasteiger partial charge in [0.25, 0.3) is 0 Å². The van der Waals surface area contributed by atoms with Gasteiger partial charge in [0.15, 0.2) is 0 Å². The first-order valence-corrected chi connectivity index (χ1v) is 3.07. The second-order valence-corrected chi connectivity index (χ2v) is 1.85. The molecule has 0 saturated carbocycles. The van der Waals surface area contributed by atoms with Gasteiger partial charge in [0.1, 0.15) is 12.9 Å². The first kappa shape index (κ1) is 7.72. The fraction of sp³-hybridized carbons (Fsp3) is 0.125. The lowest BCUT2D eigenvalue weighted by Crippen LogP contribution is -1.87. The van der Waals surface area contributed by atoms with Crippen LogP contribution in [0.1, 0.15) is 5.56 Å². The third-order valence-corrected chi connectivity index (χ3v) is 1.12. The van der Waals surface area contributed by atoms with E-state index in [0.717, 1.165) is 0 Å². The Labute approximate surface area is 64.3 Å². The number of rotatable bonds is 2.